The summed E-state index contributed by atoms with van der Waals surface area (Å²) in [6.07, 6.45) is 0.480. The Kier molecular flexibility index (Phi) is 8.53. The molecule has 0 radical (unpaired) electrons. The summed E-state index contributed by atoms with van der Waals surface area (Å²) in [4.78, 5) is 40.1. The predicted molar refractivity (Wildman–Crippen MR) is 149 cm³/mol. The highest BCUT2D eigenvalue weighted by Crippen LogP contribution is 2.38. The van der Waals surface area contributed by atoms with Gasteiger partial charge in [-0.05, 0) is 55.7 Å². The molecule has 0 fully saturated rings. The van der Waals surface area contributed by atoms with Crippen LogP contribution < -0.4 is 5.32 Å². The molecule has 0 bridgehead atoms. The number of carbonyl (C=O) groups is 3. The van der Waals surface area contributed by atoms with E-state index in [9.17, 15) is 22.8 Å². The first-order valence-corrected chi connectivity index (χ1v) is 14.7. The SMILES string of the molecule is COC(=O)c1c(NC(=O)c2ccc(S(=O)(=O)N(Cc3ccccc3)C(C)C)cc2)sc2c1CCN(C(C)=O)C2. The second-order valence-electron chi connectivity index (χ2n) is 9.50. The number of anilines is 1. The molecule has 39 heavy (non-hydrogen) atoms. The lowest BCUT2D eigenvalue weighted by Gasteiger charge is -2.26. The Morgan fingerprint density at radius 2 is 1.74 bits per heavy atom. The molecule has 0 spiro atoms. The van der Waals surface area contributed by atoms with Crippen LogP contribution >= 0.6 is 11.3 Å². The number of methoxy groups -OCH3 is 1. The number of rotatable bonds is 8. The number of benzene rings is 2. The molecule has 0 aliphatic carbocycles. The Morgan fingerprint density at radius 3 is 2.33 bits per heavy atom. The fraction of sp³-hybridized carbons (Fsp3) is 0.321. The van der Waals surface area contributed by atoms with E-state index >= 15 is 0 Å². The van der Waals surface area contributed by atoms with Crippen LogP contribution in [0.25, 0.3) is 0 Å². The zero-order valence-corrected chi connectivity index (χ0v) is 23.9. The molecule has 2 aromatic carbocycles. The number of esters is 1. The fourth-order valence-corrected chi connectivity index (χ4v) is 7.35. The van der Waals surface area contributed by atoms with E-state index in [4.69, 9.17) is 4.74 Å². The van der Waals surface area contributed by atoms with Crippen LogP contribution in [0.2, 0.25) is 0 Å². The maximum Gasteiger partial charge on any atom is 0.341 e. The smallest absolute Gasteiger partial charge is 0.341 e. The minimum atomic E-state index is -3.83. The van der Waals surface area contributed by atoms with E-state index in [1.54, 1.807) is 4.90 Å². The van der Waals surface area contributed by atoms with Crippen LogP contribution in [0.15, 0.2) is 59.5 Å². The highest BCUT2D eigenvalue weighted by atomic mass is 32.2. The van der Waals surface area contributed by atoms with Gasteiger partial charge in [-0.15, -0.1) is 11.3 Å². The largest absolute Gasteiger partial charge is 0.465 e. The number of nitrogens with zero attached hydrogens (tertiary/aromatic N) is 2. The van der Waals surface area contributed by atoms with Gasteiger partial charge in [0.15, 0.2) is 0 Å². The molecule has 1 aliphatic rings. The van der Waals surface area contributed by atoms with Crippen molar-refractivity contribution in [1.82, 2.24) is 9.21 Å². The quantitative estimate of drug-likeness (QED) is 0.405. The van der Waals surface area contributed by atoms with Crippen LogP contribution in [-0.4, -0.2) is 55.1 Å². The van der Waals surface area contributed by atoms with Crippen molar-refractivity contribution in [2.45, 2.75) is 51.2 Å². The number of nitrogens with one attached hydrogen (secondary N) is 1. The summed E-state index contributed by atoms with van der Waals surface area (Å²) < 4.78 is 33.3. The lowest BCUT2D eigenvalue weighted by atomic mass is 10.0. The van der Waals surface area contributed by atoms with E-state index in [0.29, 0.717) is 30.1 Å². The van der Waals surface area contributed by atoms with E-state index in [0.717, 1.165) is 16.0 Å². The summed E-state index contributed by atoms with van der Waals surface area (Å²) in [7, 11) is -2.55. The molecule has 1 N–H and O–H groups in total. The number of amides is 2. The van der Waals surface area contributed by atoms with Gasteiger partial charge in [0, 0.05) is 36.5 Å². The van der Waals surface area contributed by atoms with Crippen molar-refractivity contribution < 1.29 is 27.5 Å². The van der Waals surface area contributed by atoms with E-state index in [1.807, 2.05) is 44.2 Å². The summed E-state index contributed by atoms with van der Waals surface area (Å²) in [5.41, 5.74) is 2.17. The number of sulfonamides is 1. The summed E-state index contributed by atoms with van der Waals surface area (Å²) in [6.45, 7) is 6.19. The second kappa shape index (κ2) is 11.7. The van der Waals surface area contributed by atoms with Crippen molar-refractivity contribution in [3.8, 4) is 0 Å². The zero-order chi connectivity index (χ0) is 28.3. The van der Waals surface area contributed by atoms with Crippen LogP contribution in [-0.2, 0) is 39.1 Å². The van der Waals surface area contributed by atoms with Gasteiger partial charge in [-0.1, -0.05) is 30.3 Å². The highest BCUT2D eigenvalue weighted by Gasteiger charge is 2.31. The lowest BCUT2D eigenvalue weighted by Crippen LogP contribution is -2.36. The molecule has 206 valence electrons. The summed E-state index contributed by atoms with van der Waals surface area (Å²) in [6, 6.07) is 14.8. The molecule has 1 aromatic heterocycles. The van der Waals surface area contributed by atoms with Crippen molar-refractivity contribution >= 4 is 44.1 Å². The molecule has 0 atom stereocenters. The van der Waals surface area contributed by atoms with Gasteiger partial charge in [0.1, 0.15) is 5.00 Å². The van der Waals surface area contributed by atoms with Gasteiger partial charge in [-0.3, -0.25) is 9.59 Å². The predicted octanol–water partition coefficient (Wildman–Crippen LogP) is 4.29. The van der Waals surface area contributed by atoms with Crippen LogP contribution in [0, 0.1) is 0 Å². The molecular formula is C28H31N3O6S2. The number of hydrogen-bond donors (Lipinski definition) is 1. The monoisotopic (exact) mass is 569 g/mol. The lowest BCUT2D eigenvalue weighted by molar-refractivity contribution is -0.129. The van der Waals surface area contributed by atoms with Crippen LogP contribution in [0.3, 0.4) is 0 Å². The average Bonchev–Trinajstić information content (AvgIpc) is 3.28. The average molecular weight is 570 g/mol. The Morgan fingerprint density at radius 1 is 1.08 bits per heavy atom. The number of hydrogen-bond acceptors (Lipinski definition) is 7. The molecule has 3 aromatic rings. The van der Waals surface area contributed by atoms with Crippen LogP contribution in [0.4, 0.5) is 5.00 Å². The minimum absolute atomic E-state index is 0.0610. The van der Waals surface area contributed by atoms with Crippen molar-refractivity contribution in [3.63, 3.8) is 0 Å². The molecule has 9 nitrogen and oxygen atoms in total. The third kappa shape index (κ3) is 6.05. The fourth-order valence-electron chi connectivity index (χ4n) is 4.48. The first-order chi connectivity index (χ1) is 18.5. The molecule has 0 saturated carbocycles. The van der Waals surface area contributed by atoms with Gasteiger partial charge in [0.2, 0.25) is 15.9 Å². The molecule has 0 unspecified atom stereocenters. The van der Waals surface area contributed by atoms with Gasteiger partial charge < -0.3 is 15.0 Å². The first kappa shape index (κ1) is 28.5. The van der Waals surface area contributed by atoms with Gasteiger partial charge in [0.05, 0.1) is 24.1 Å². The number of thiophene rings is 1. The van der Waals surface area contributed by atoms with Crippen molar-refractivity contribution in [2.75, 3.05) is 19.0 Å². The summed E-state index contributed by atoms with van der Waals surface area (Å²) in [5.74, 6) is -1.11. The van der Waals surface area contributed by atoms with Crippen molar-refractivity contribution in [3.05, 3.63) is 81.7 Å². The molecule has 1 aliphatic heterocycles. The topological polar surface area (TPSA) is 113 Å². The van der Waals surface area contributed by atoms with E-state index < -0.39 is 21.9 Å². The second-order valence-corrected chi connectivity index (χ2v) is 12.5. The third-order valence-corrected chi connectivity index (χ3v) is 9.77. The van der Waals surface area contributed by atoms with Crippen LogP contribution in [0.1, 0.15) is 57.5 Å². The Bertz CT molecular complexity index is 1480. The molecule has 0 saturated heterocycles. The number of carbonyl (C=O) groups excluding carboxylic acids is 3. The minimum Gasteiger partial charge on any atom is -0.465 e. The number of fused-ring (bicyclic) bond motifs is 1. The highest BCUT2D eigenvalue weighted by molar-refractivity contribution is 7.89. The van der Waals surface area contributed by atoms with Gasteiger partial charge in [-0.2, -0.15) is 4.31 Å². The first-order valence-electron chi connectivity index (χ1n) is 12.5. The van der Waals surface area contributed by atoms with E-state index in [2.05, 4.69) is 5.32 Å². The van der Waals surface area contributed by atoms with Crippen molar-refractivity contribution in [1.29, 1.82) is 0 Å². The van der Waals surface area contributed by atoms with Crippen molar-refractivity contribution in [2.24, 2.45) is 0 Å². The van der Waals surface area contributed by atoms with Gasteiger partial charge >= 0.3 is 5.97 Å². The number of ether oxygens (including phenoxy) is 1. The third-order valence-electron chi connectivity index (χ3n) is 6.60. The molecule has 4 rings (SSSR count). The van der Waals surface area contributed by atoms with E-state index in [-0.39, 0.29) is 29.0 Å². The molecular weight excluding hydrogens is 538 g/mol. The molecule has 2 heterocycles. The normalized spacial score (nSPS) is 13.3. The summed E-state index contributed by atoms with van der Waals surface area (Å²) in [5, 5.41) is 3.13. The van der Waals surface area contributed by atoms with Gasteiger partial charge in [0.25, 0.3) is 5.91 Å². The molecule has 11 heteroatoms. The maximum atomic E-state index is 13.4. The molecule has 2 amide bonds. The standard InChI is InChI=1S/C28H31N3O6S2/c1-18(2)31(16-20-8-6-5-7-9-20)39(35,36)22-12-10-21(11-13-22)26(33)29-27-25(28(34)37-4)23-14-15-30(19(3)32)17-24(23)38-27/h5-13,18H,14-17H2,1-4H3,(H,29,33). The Balaban J connectivity index is 1.56. The van der Waals surface area contributed by atoms with Gasteiger partial charge in [-0.25, -0.2) is 13.2 Å². The zero-order valence-electron chi connectivity index (χ0n) is 22.3. The van der Waals surface area contributed by atoms with Crippen LogP contribution in [0.5, 0.6) is 0 Å². The Hall–Kier alpha value is -3.54. The Labute approximate surface area is 232 Å². The summed E-state index contributed by atoms with van der Waals surface area (Å²) >= 11 is 1.24. The van der Waals surface area contributed by atoms with E-state index in [1.165, 1.54) is 53.9 Å². The maximum absolute atomic E-state index is 13.4.